The lowest BCUT2D eigenvalue weighted by Gasteiger charge is -1.90. The molecule has 2 rings (SSSR count). The Morgan fingerprint density at radius 1 is 1.40 bits per heavy atom. The van der Waals surface area contributed by atoms with Gasteiger partial charge < -0.3 is 10.1 Å². The SMILES string of the molecule is O=Cc1ccc2[nH]c(C(=O)CO)cc2c1. The normalized spacial score (nSPS) is 10.5. The molecule has 0 saturated heterocycles. The number of benzene rings is 1. The Bertz CT molecular complexity index is 528. The van der Waals surface area contributed by atoms with Crippen LogP contribution in [-0.2, 0) is 0 Å². The molecule has 0 aliphatic rings. The van der Waals surface area contributed by atoms with E-state index in [9.17, 15) is 9.59 Å². The van der Waals surface area contributed by atoms with Crippen LogP contribution in [-0.4, -0.2) is 28.8 Å². The van der Waals surface area contributed by atoms with E-state index in [1.807, 2.05) is 0 Å². The molecule has 76 valence electrons. The number of aliphatic hydroxyl groups is 1. The van der Waals surface area contributed by atoms with Crippen LogP contribution in [0.3, 0.4) is 0 Å². The fourth-order valence-electron chi connectivity index (χ4n) is 1.46. The van der Waals surface area contributed by atoms with Crippen molar-refractivity contribution in [1.29, 1.82) is 0 Å². The van der Waals surface area contributed by atoms with E-state index in [1.54, 1.807) is 24.3 Å². The maximum absolute atomic E-state index is 11.2. The number of nitrogens with one attached hydrogen (secondary N) is 1. The van der Waals surface area contributed by atoms with Gasteiger partial charge in [0.2, 0.25) is 5.78 Å². The van der Waals surface area contributed by atoms with Crippen LogP contribution in [0.15, 0.2) is 24.3 Å². The first-order valence-electron chi connectivity index (χ1n) is 4.46. The van der Waals surface area contributed by atoms with Crippen molar-refractivity contribution in [3.05, 3.63) is 35.5 Å². The van der Waals surface area contributed by atoms with Crippen molar-refractivity contribution in [3.63, 3.8) is 0 Å². The topological polar surface area (TPSA) is 70.2 Å². The Balaban J connectivity index is 2.55. The zero-order valence-electron chi connectivity index (χ0n) is 7.86. The molecule has 1 aromatic heterocycles. The van der Waals surface area contributed by atoms with E-state index in [2.05, 4.69) is 4.98 Å². The molecule has 1 heterocycles. The van der Waals surface area contributed by atoms with Gasteiger partial charge in [-0.25, -0.2) is 0 Å². The quantitative estimate of drug-likeness (QED) is 0.580. The van der Waals surface area contributed by atoms with Crippen LogP contribution in [0.5, 0.6) is 0 Å². The first-order chi connectivity index (χ1) is 7.24. The third-order valence-electron chi connectivity index (χ3n) is 2.22. The van der Waals surface area contributed by atoms with Gasteiger partial charge in [0.15, 0.2) is 0 Å². The number of hydrogen-bond acceptors (Lipinski definition) is 3. The second kappa shape index (κ2) is 3.67. The lowest BCUT2D eigenvalue weighted by Crippen LogP contribution is -2.03. The minimum atomic E-state index is -0.520. The fourth-order valence-corrected chi connectivity index (χ4v) is 1.46. The molecule has 0 saturated carbocycles. The number of carbonyl (C=O) groups excluding carboxylic acids is 2. The van der Waals surface area contributed by atoms with Gasteiger partial charge in [-0.05, 0) is 24.3 Å². The number of ketones is 1. The second-order valence-electron chi connectivity index (χ2n) is 3.23. The molecule has 2 aromatic rings. The molecule has 0 radical (unpaired) electrons. The molecule has 0 bridgehead atoms. The molecule has 0 aliphatic carbocycles. The number of hydrogen-bond donors (Lipinski definition) is 2. The first kappa shape index (κ1) is 9.61. The van der Waals surface area contributed by atoms with E-state index >= 15 is 0 Å². The van der Waals surface area contributed by atoms with Gasteiger partial charge in [0.1, 0.15) is 12.9 Å². The molecule has 0 atom stereocenters. The third-order valence-corrected chi connectivity index (χ3v) is 2.22. The Morgan fingerprint density at radius 3 is 2.87 bits per heavy atom. The van der Waals surface area contributed by atoms with Crippen molar-refractivity contribution < 1.29 is 14.7 Å². The Hall–Kier alpha value is -1.94. The summed E-state index contributed by atoms with van der Waals surface area (Å²) < 4.78 is 0. The summed E-state index contributed by atoms with van der Waals surface area (Å²) in [5.74, 6) is -0.362. The summed E-state index contributed by atoms with van der Waals surface area (Å²) in [5, 5.41) is 9.48. The standard InChI is InChI=1S/C11H9NO3/c13-5-7-1-2-9-8(3-7)4-10(12-9)11(15)6-14/h1-5,12,14H,6H2. The van der Waals surface area contributed by atoms with Crippen LogP contribution < -0.4 is 0 Å². The number of H-pyrrole nitrogens is 1. The van der Waals surface area contributed by atoms with Crippen LogP contribution in [0, 0.1) is 0 Å². The number of aldehydes is 1. The highest BCUT2D eigenvalue weighted by atomic mass is 16.3. The lowest BCUT2D eigenvalue weighted by atomic mass is 10.2. The number of carbonyl (C=O) groups is 2. The van der Waals surface area contributed by atoms with E-state index < -0.39 is 6.61 Å². The molecule has 0 amide bonds. The highest BCUT2D eigenvalue weighted by Gasteiger charge is 2.08. The summed E-state index contributed by atoms with van der Waals surface area (Å²) in [6.45, 7) is -0.520. The average Bonchev–Trinajstić information content (AvgIpc) is 2.70. The fraction of sp³-hybridized carbons (Fsp3) is 0.0909. The minimum absolute atomic E-state index is 0.357. The smallest absolute Gasteiger partial charge is 0.204 e. The van der Waals surface area contributed by atoms with Gasteiger partial charge in [0.05, 0.1) is 5.69 Å². The Morgan fingerprint density at radius 2 is 2.20 bits per heavy atom. The molecule has 4 nitrogen and oxygen atoms in total. The maximum Gasteiger partial charge on any atom is 0.204 e. The summed E-state index contributed by atoms with van der Waals surface area (Å²) in [6.07, 6.45) is 0.750. The molecule has 0 aliphatic heterocycles. The summed E-state index contributed by atoms with van der Waals surface area (Å²) >= 11 is 0. The monoisotopic (exact) mass is 203 g/mol. The van der Waals surface area contributed by atoms with Crippen molar-refractivity contribution in [1.82, 2.24) is 4.98 Å². The average molecular weight is 203 g/mol. The molecule has 4 heteroatoms. The van der Waals surface area contributed by atoms with Crippen LogP contribution >= 0.6 is 0 Å². The van der Waals surface area contributed by atoms with Crippen molar-refractivity contribution in [2.75, 3.05) is 6.61 Å². The third kappa shape index (κ3) is 1.67. The predicted molar refractivity (Wildman–Crippen MR) is 55.1 cm³/mol. The number of fused-ring (bicyclic) bond motifs is 1. The van der Waals surface area contributed by atoms with Crippen LogP contribution in [0.25, 0.3) is 10.9 Å². The highest BCUT2D eigenvalue weighted by molar-refractivity contribution is 6.00. The van der Waals surface area contributed by atoms with Gasteiger partial charge >= 0.3 is 0 Å². The number of aromatic nitrogens is 1. The van der Waals surface area contributed by atoms with Gasteiger partial charge in [0.25, 0.3) is 0 Å². The van der Waals surface area contributed by atoms with Crippen molar-refractivity contribution in [2.24, 2.45) is 0 Å². The molecule has 0 spiro atoms. The summed E-state index contributed by atoms with van der Waals surface area (Å²) in [6, 6.07) is 6.71. The lowest BCUT2D eigenvalue weighted by molar-refractivity contribution is 0.0899. The largest absolute Gasteiger partial charge is 0.388 e. The summed E-state index contributed by atoms with van der Waals surface area (Å²) in [7, 11) is 0. The van der Waals surface area contributed by atoms with E-state index in [4.69, 9.17) is 5.11 Å². The molecule has 1 aromatic carbocycles. The Kier molecular flexibility index (Phi) is 2.35. The molecule has 0 fully saturated rings. The molecular weight excluding hydrogens is 194 g/mol. The van der Waals surface area contributed by atoms with Gasteiger partial charge in [-0.1, -0.05) is 0 Å². The van der Waals surface area contributed by atoms with E-state index in [-0.39, 0.29) is 5.78 Å². The van der Waals surface area contributed by atoms with Crippen LogP contribution in [0.2, 0.25) is 0 Å². The summed E-state index contributed by atoms with van der Waals surface area (Å²) in [4.78, 5) is 24.6. The molecule has 0 unspecified atom stereocenters. The number of aromatic amines is 1. The van der Waals surface area contributed by atoms with E-state index in [0.717, 1.165) is 17.2 Å². The molecule has 2 N–H and O–H groups in total. The zero-order valence-corrected chi connectivity index (χ0v) is 7.86. The van der Waals surface area contributed by atoms with Crippen molar-refractivity contribution in [3.8, 4) is 0 Å². The van der Waals surface area contributed by atoms with E-state index in [1.165, 1.54) is 0 Å². The van der Waals surface area contributed by atoms with Gasteiger partial charge in [-0.2, -0.15) is 0 Å². The molecular formula is C11H9NO3. The predicted octanol–water partition coefficient (Wildman–Crippen LogP) is 1.16. The van der Waals surface area contributed by atoms with Gasteiger partial charge in [0, 0.05) is 16.5 Å². The highest BCUT2D eigenvalue weighted by Crippen LogP contribution is 2.16. The summed E-state index contributed by atoms with van der Waals surface area (Å²) in [5.41, 5.74) is 1.69. The minimum Gasteiger partial charge on any atom is -0.388 e. The number of Topliss-reactive ketones (excluding diaryl/α,β-unsaturated/α-hetero) is 1. The van der Waals surface area contributed by atoms with Gasteiger partial charge in [-0.15, -0.1) is 0 Å². The first-order valence-corrected chi connectivity index (χ1v) is 4.46. The Labute approximate surface area is 85.5 Å². The van der Waals surface area contributed by atoms with Crippen LogP contribution in [0.1, 0.15) is 20.8 Å². The second-order valence-corrected chi connectivity index (χ2v) is 3.23. The van der Waals surface area contributed by atoms with Crippen LogP contribution in [0.4, 0.5) is 0 Å². The van der Waals surface area contributed by atoms with E-state index in [0.29, 0.717) is 11.3 Å². The number of aliphatic hydroxyl groups excluding tert-OH is 1. The van der Waals surface area contributed by atoms with Gasteiger partial charge in [-0.3, -0.25) is 9.59 Å². The van der Waals surface area contributed by atoms with Crippen molar-refractivity contribution in [2.45, 2.75) is 0 Å². The molecule has 15 heavy (non-hydrogen) atoms. The maximum atomic E-state index is 11.2. The zero-order chi connectivity index (χ0) is 10.8. The van der Waals surface area contributed by atoms with Crippen molar-refractivity contribution >= 4 is 23.0 Å². The number of rotatable bonds is 3.